The summed E-state index contributed by atoms with van der Waals surface area (Å²) in [5.74, 6) is 0. The van der Waals surface area contributed by atoms with Gasteiger partial charge in [-0.15, -0.1) is 11.4 Å². The van der Waals surface area contributed by atoms with Gasteiger partial charge in [0.05, 0.1) is 0 Å². The Bertz CT molecular complexity index is 49.9. The molecule has 0 aromatic heterocycles. The van der Waals surface area contributed by atoms with Gasteiger partial charge in [0, 0.05) is 0 Å². The van der Waals surface area contributed by atoms with Gasteiger partial charge < -0.3 is 47.4 Å². The molecule has 14 N–H and O–H groups in total. The van der Waals surface area contributed by atoms with Crippen molar-refractivity contribution in [3.63, 3.8) is 0 Å². The second kappa shape index (κ2) is 138. The third-order valence-corrected chi connectivity index (χ3v) is 0. The van der Waals surface area contributed by atoms with E-state index in [2.05, 4.69) is 0 Å². The SMILES string of the molecule is O.O.O.O.O.O.O.O=S([O-])[O-].[Na+].[Na+].[O]=[Zn]. The predicted octanol–water partition coefficient (Wildman–Crippen LogP) is -12.9. The molecule has 0 aliphatic rings. The fourth-order valence-corrected chi connectivity index (χ4v) is 0. The Labute approximate surface area is 142 Å². The first kappa shape index (κ1) is 117. The molecule has 0 aromatic rings. The minimum absolute atomic E-state index is 0. The van der Waals surface area contributed by atoms with Gasteiger partial charge in [-0.25, -0.2) is 0 Å². The van der Waals surface area contributed by atoms with Crippen molar-refractivity contribution < 1.29 is 133 Å². The molecule has 0 atom stereocenters. The Balaban J connectivity index is -0.00000000155. The molecule has 0 unspecified atom stereocenters. The standard InChI is InChI=1S/2Na.H2O3S.7H2O.O.Zn/c;;1-4(2)3;;;;;;;;;/h;;(H2,1,2,3);7*1H2;;/q2*+1;;;;;;;;;;/p-2. The summed E-state index contributed by atoms with van der Waals surface area (Å²) >= 11 is -2.99. The molecular weight excluding hydrogens is 319 g/mol. The average Bonchev–Trinajstić information content (AvgIpc) is 1.41. The monoisotopic (exact) mass is 332 g/mol. The van der Waals surface area contributed by atoms with Gasteiger partial charge in [-0.2, -0.15) is 0 Å². The summed E-state index contributed by atoms with van der Waals surface area (Å²) in [6.45, 7) is 0. The fourth-order valence-electron chi connectivity index (χ4n) is 0. The van der Waals surface area contributed by atoms with Gasteiger partial charge >= 0.3 is 80.9 Å². The average molecular weight is 334 g/mol. The maximum absolute atomic E-state index is 8.44. The summed E-state index contributed by atoms with van der Waals surface area (Å²) in [5.41, 5.74) is 0. The molecular formula is H14Na2O11SZn. The molecule has 15 heavy (non-hydrogen) atoms. The van der Waals surface area contributed by atoms with Gasteiger partial charge in [-0.3, -0.25) is 4.21 Å². The van der Waals surface area contributed by atoms with Gasteiger partial charge in [-0.05, 0) is 0 Å². The summed E-state index contributed by atoms with van der Waals surface area (Å²) in [4.78, 5) is 0. The van der Waals surface area contributed by atoms with Crippen molar-refractivity contribution in [1.82, 2.24) is 0 Å². The van der Waals surface area contributed by atoms with Crippen molar-refractivity contribution in [2.45, 2.75) is 0 Å². The summed E-state index contributed by atoms with van der Waals surface area (Å²) in [6, 6.07) is 0. The first-order chi connectivity index (χ1) is 2.73. The van der Waals surface area contributed by atoms with Crippen LogP contribution < -0.4 is 59.1 Å². The zero-order valence-electron chi connectivity index (χ0n) is 8.25. The molecule has 0 aromatic carbocycles. The van der Waals surface area contributed by atoms with Crippen LogP contribution in [0.3, 0.4) is 0 Å². The van der Waals surface area contributed by atoms with Crippen LogP contribution in [-0.2, 0) is 33.2 Å². The van der Waals surface area contributed by atoms with Crippen molar-refractivity contribution in [1.29, 1.82) is 0 Å². The molecule has 90 valence electrons. The zero-order valence-corrected chi connectivity index (χ0v) is 16.0. The van der Waals surface area contributed by atoms with Crippen LogP contribution in [0.15, 0.2) is 0 Å². The number of hydrogen-bond donors (Lipinski definition) is 0. The van der Waals surface area contributed by atoms with Crippen molar-refractivity contribution in [2.75, 3.05) is 0 Å². The first-order valence-electron chi connectivity index (χ1n) is 0.789. The Morgan fingerprint density at radius 2 is 0.667 bits per heavy atom. The third-order valence-electron chi connectivity index (χ3n) is 0. The second-order valence-electron chi connectivity index (χ2n) is 0.204. The van der Waals surface area contributed by atoms with Gasteiger partial charge in [0.1, 0.15) is 0 Å². The second-order valence-corrected chi connectivity index (χ2v) is 0.612. The van der Waals surface area contributed by atoms with E-state index in [4.69, 9.17) is 16.9 Å². The molecule has 0 spiro atoms. The van der Waals surface area contributed by atoms with Gasteiger partial charge in [0.25, 0.3) is 0 Å². The van der Waals surface area contributed by atoms with E-state index in [0.29, 0.717) is 0 Å². The third kappa shape index (κ3) is 669. The summed E-state index contributed by atoms with van der Waals surface area (Å²) in [7, 11) is 0. The van der Waals surface area contributed by atoms with Crippen LogP contribution in [0, 0.1) is 0 Å². The van der Waals surface area contributed by atoms with Crippen molar-refractivity contribution in [2.24, 2.45) is 0 Å². The molecule has 0 aliphatic carbocycles. The molecule has 0 rings (SSSR count). The normalized spacial score (nSPS) is 2.73. The van der Waals surface area contributed by atoms with Crippen LogP contribution in [-0.4, -0.2) is 51.6 Å². The van der Waals surface area contributed by atoms with E-state index in [9.17, 15) is 0 Å². The molecule has 0 fully saturated rings. The van der Waals surface area contributed by atoms with Crippen LogP contribution in [0.2, 0.25) is 0 Å². The van der Waals surface area contributed by atoms with Crippen LogP contribution >= 0.6 is 0 Å². The predicted molar refractivity (Wildman–Crippen MR) is 35.7 cm³/mol. The molecule has 0 saturated carbocycles. The topological polar surface area (TPSA) is 301 Å². The Hall–Kier alpha value is 2.21. The van der Waals surface area contributed by atoms with Crippen LogP contribution in [0.1, 0.15) is 0 Å². The molecule has 0 heterocycles. The molecule has 0 amide bonds. The Morgan fingerprint density at radius 1 is 0.667 bits per heavy atom. The molecule has 0 saturated heterocycles. The van der Waals surface area contributed by atoms with E-state index in [0.717, 1.165) is 0 Å². The van der Waals surface area contributed by atoms with Crippen molar-refractivity contribution in [3.05, 3.63) is 0 Å². The number of rotatable bonds is 0. The molecule has 11 nitrogen and oxygen atoms in total. The Morgan fingerprint density at radius 3 is 0.667 bits per heavy atom. The van der Waals surface area contributed by atoms with Crippen LogP contribution in [0.25, 0.3) is 0 Å². The van der Waals surface area contributed by atoms with Crippen LogP contribution in [0.4, 0.5) is 0 Å². The van der Waals surface area contributed by atoms with Crippen molar-refractivity contribution in [3.8, 4) is 0 Å². The van der Waals surface area contributed by atoms with E-state index >= 15 is 0 Å². The van der Waals surface area contributed by atoms with E-state index < -0.39 is 11.4 Å². The van der Waals surface area contributed by atoms with Gasteiger partial charge in [0.2, 0.25) is 0 Å². The summed E-state index contributed by atoms with van der Waals surface area (Å²) in [5, 5.41) is 0. The Kier molecular flexibility index (Phi) is 1080. The summed E-state index contributed by atoms with van der Waals surface area (Å²) < 4.78 is 33.7. The quantitative estimate of drug-likeness (QED) is 0.307. The van der Waals surface area contributed by atoms with E-state index in [1.807, 2.05) is 0 Å². The molecule has 0 bridgehead atoms. The van der Waals surface area contributed by atoms with E-state index in [-0.39, 0.29) is 116 Å². The summed E-state index contributed by atoms with van der Waals surface area (Å²) in [6.07, 6.45) is 0. The molecule has 0 radical (unpaired) electrons. The van der Waals surface area contributed by atoms with E-state index in [1.165, 1.54) is 0 Å². The first-order valence-corrected chi connectivity index (χ1v) is 3.00. The van der Waals surface area contributed by atoms with Gasteiger partial charge in [0.15, 0.2) is 0 Å². The van der Waals surface area contributed by atoms with E-state index in [1.54, 1.807) is 0 Å². The van der Waals surface area contributed by atoms with Crippen molar-refractivity contribution >= 4 is 11.4 Å². The van der Waals surface area contributed by atoms with Gasteiger partial charge in [-0.1, -0.05) is 0 Å². The zero-order chi connectivity index (χ0) is 5.58. The molecule has 15 heteroatoms. The fraction of sp³-hybridized carbons (Fsp3) is 0. The maximum atomic E-state index is 8.44. The van der Waals surface area contributed by atoms with Crippen LogP contribution in [0.5, 0.6) is 0 Å². The molecule has 0 aliphatic heterocycles. The number of hydrogen-bond acceptors (Lipinski definition) is 4. The minimum atomic E-state index is -3.11.